The van der Waals surface area contributed by atoms with Gasteiger partial charge in [-0.1, -0.05) is 12.1 Å². The maximum atomic E-state index is 13.7. The fourth-order valence-corrected chi connectivity index (χ4v) is 6.03. The molecule has 3 heterocycles. The first-order chi connectivity index (χ1) is 21.5. The summed E-state index contributed by atoms with van der Waals surface area (Å²) in [4.78, 5) is 33.4. The molecule has 0 unspecified atom stereocenters. The third-order valence-electron chi connectivity index (χ3n) is 7.15. The average Bonchev–Trinajstić information content (AvgIpc) is 3.62. The van der Waals surface area contributed by atoms with Crippen molar-refractivity contribution >= 4 is 49.8 Å². The minimum atomic E-state index is -4.01. The molecular weight excluding hydrogens is 603 g/mol. The number of hydrogen-bond donors (Lipinski definition) is 2. The number of amides is 1. The normalized spacial score (nSPS) is 11.6. The predicted octanol–water partition coefficient (Wildman–Crippen LogP) is 5.71. The van der Waals surface area contributed by atoms with Crippen LogP contribution < -0.4 is 9.62 Å². The maximum absolute atomic E-state index is 13.7. The second-order valence-electron chi connectivity index (χ2n) is 10.2. The Balaban J connectivity index is 1.62. The molecule has 6 rings (SSSR count). The van der Waals surface area contributed by atoms with Gasteiger partial charge in [0.15, 0.2) is 11.2 Å². The van der Waals surface area contributed by atoms with Crippen LogP contribution in [-0.4, -0.2) is 55.2 Å². The zero-order valence-corrected chi connectivity index (χ0v) is 24.8. The van der Waals surface area contributed by atoms with E-state index in [4.69, 9.17) is 8.83 Å². The first-order valence-electron chi connectivity index (χ1n) is 13.6. The number of aromatic nitrogens is 2. The van der Waals surface area contributed by atoms with Crippen molar-refractivity contribution in [2.45, 2.75) is 6.42 Å². The Kier molecular flexibility index (Phi) is 7.54. The molecule has 45 heavy (non-hydrogen) atoms. The molecule has 0 saturated heterocycles. The Morgan fingerprint density at radius 3 is 2.40 bits per heavy atom. The van der Waals surface area contributed by atoms with Gasteiger partial charge >= 0.3 is 5.97 Å². The first-order valence-corrected chi connectivity index (χ1v) is 15.5. The van der Waals surface area contributed by atoms with Gasteiger partial charge in [0.2, 0.25) is 15.9 Å². The fraction of sp³-hybridized carbons (Fsp3) is 0.125. The molecule has 1 amide bonds. The summed E-state index contributed by atoms with van der Waals surface area (Å²) in [5, 5.41) is 12.4. The number of nitrogens with zero attached hydrogens (tertiary/aromatic N) is 3. The molecule has 0 bridgehead atoms. The number of carboxylic acids is 1. The van der Waals surface area contributed by atoms with E-state index in [0.717, 1.165) is 10.6 Å². The van der Waals surface area contributed by atoms with Gasteiger partial charge in [0.1, 0.15) is 17.2 Å². The lowest BCUT2D eigenvalue weighted by molar-refractivity contribution is -0.136. The predicted molar refractivity (Wildman–Crippen MR) is 166 cm³/mol. The van der Waals surface area contributed by atoms with E-state index in [2.05, 4.69) is 15.3 Å². The number of benzene rings is 3. The summed E-state index contributed by atoms with van der Waals surface area (Å²) in [7, 11) is -2.55. The highest BCUT2D eigenvalue weighted by atomic mass is 32.2. The third-order valence-corrected chi connectivity index (χ3v) is 8.33. The molecule has 0 radical (unpaired) electrons. The summed E-state index contributed by atoms with van der Waals surface area (Å²) < 4.78 is 53.0. The fourth-order valence-electron chi connectivity index (χ4n) is 5.10. The van der Waals surface area contributed by atoms with Crippen LogP contribution in [0.15, 0.2) is 87.8 Å². The van der Waals surface area contributed by atoms with Gasteiger partial charge in [-0.3, -0.25) is 13.9 Å². The number of carbonyl (C=O) groups is 2. The van der Waals surface area contributed by atoms with Crippen LogP contribution in [0.1, 0.15) is 16.8 Å². The van der Waals surface area contributed by atoms with Crippen molar-refractivity contribution in [1.82, 2.24) is 15.3 Å². The highest BCUT2D eigenvalue weighted by Crippen LogP contribution is 2.42. The number of pyridine rings is 1. The van der Waals surface area contributed by atoms with Crippen LogP contribution in [0.3, 0.4) is 0 Å². The molecule has 3 aromatic heterocycles. The number of hydrogen-bond acceptors (Lipinski definition) is 8. The highest BCUT2D eigenvalue weighted by Gasteiger charge is 2.28. The van der Waals surface area contributed by atoms with Crippen molar-refractivity contribution < 1.29 is 36.3 Å². The number of fused-ring (bicyclic) bond motifs is 2. The zero-order chi connectivity index (χ0) is 31.9. The minimum Gasteiger partial charge on any atom is -0.481 e. The number of sulfonamides is 1. The van der Waals surface area contributed by atoms with E-state index in [1.807, 2.05) is 0 Å². The van der Waals surface area contributed by atoms with Crippen LogP contribution in [0.5, 0.6) is 0 Å². The van der Waals surface area contributed by atoms with Gasteiger partial charge in [-0.25, -0.2) is 17.8 Å². The summed E-state index contributed by atoms with van der Waals surface area (Å²) in [6, 6.07) is 18.9. The Morgan fingerprint density at radius 1 is 0.956 bits per heavy atom. The summed E-state index contributed by atoms with van der Waals surface area (Å²) in [6.07, 6.45) is 2.11. The minimum absolute atomic E-state index is 0.130. The quantitative estimate of drug-likeness (QED) is 0.205. The summed E-state index contributed by atoms with van der Waals surface area (Å²) in [5.41, 5.74) is 3.23. The number of carboxylic acid groups (broad SMARTS) is 1. The van der Waals surface area contributed by atoms with Crippen molar-refractivity contribution in [3.63, 3.8) is 0 Å². The number of aliphatic carboxylic acids is 1. The van der Waals surface area contributed by atoms with Crippen LogP contribution in [0, 0.1) is 5.82 Å². The Bertz CT molecular complexity index is 2180. The van der Waals surface area contributed by atoms with Gasteiger partial charge in [0.25, 0.3) is 5.91 Å². The van der Waals surface area contributed by atoms with E-state index in [1.165, 1.54) is 37.4 Å². The van der Waals surface area contributed by atoms with Crippen molar-refractivity contribution in [3.8, 4) is 33.9 Å². The highest BCUT2D eigenvalue weighted by molar-refractivity contribution is 7.92. The van der Waals surface area contributed by atoms with Crippen molar-refractivity contribution in [1.29, 1.82) is 0 Å². The summed E-state index contributed by atoms with van der Waals surface area (Å²) >= 11 is 0. The number of nitrogens with one attached hydrogen (secondary N) is 1. The maximum Gasteiger partial charge on any atom is 0.305 e. The Hall–Kier alpha value is -5.56. The van der Waals surface area contributed by atoms with Crippen LogP contribution >= 0.6 is 0 Å². The van der Waals surface area contributed by atoms with Gasteiger partial charge in [-0.15, -0.1) is 0 Å². The number of anilines is 1. The van der Waals surface area contributed by atoms with Gasteiger partial charge in [0.05, 0.1) is 23.9 Å². The molecule has 11 nitrogen and oxygen atoms in total. The average molecular weight is 629 g/mol. The SMILES string of the molecule is CNC(=O)c1c(-c2ccc(F)cc2)oc2cc(N(CCC(=O)O)S(C)(=O)=O)c(-c3cccc(-c4nc5ncccc5o4)c3)cc12. The molecule has 0 fully saturated rings. The van der Waals surface area contributed by atoms with Crippen molar-refractivity contribution in [2.24, 2.45) is 0 Å². The van der Waals surface area contributed by atoms with E-state index < -0.39 is 34.1 Å². The van der Waals surface area contributed by atoms with E-state index in [1.54, 1.807) is 48.7 Å². The third kappa shape index (κ3) is 5.72. The van der Waals surface area contributed by atoms with Crippen LogP contribution in [-0.2, 0) is 14.8 Å². The van der Waals surface area contributed by atoms with Crippen LogP contribution in [0.25, 0.3) is 56.1 Å². The van der Waals surface area contributed by atoms with E-state index in [-0.39, 0.29) is 35.0 Å². The molecule has 0 aliphatic carbocycles. The molecular formula is C32H25FN4O7S. The molecule has 228 valence electrons. The molecule has 0 aliphatic rings. The molecule has 0 spiro atoms. The largest absolute Gasteiger partial charge is 0.481 e. The molecule has 2 N–H and O–H groups in total. The molecule has 0 aliphatic heterocycles. The number of oxazole rings is 1. The molecule has 0 saturated carbocycles. The molecule has 6 aromatic rings. The zero-order valence-electron chi connectivity index (χ0n) is 23.9. The van der Waals surface area contributed by atoms with Gasteiger partial charge in [-0.05, 0) is 60.2 Å². The Morgan fingerprint density at radius 2 is 1.71 bits per heavy atom. The van der Waals surface area contributed by atoms with E-state index >= 15 is 0 Å². The number of furan rings is 1. The second-order valence-corrected chi connectivity index (χ2v) is 12.1. The number of halogens is 1. The lowest BCUT2D eigenvalue weighted by Crippen LogP contribution is -2.32. The molecule has 0 atom stereocenters. The first kappa shape index (κ1) is 29.5. The van der Waals surface area contributed by atoms with E-state index in [9.17, 15) is 27.5 Å². The Labute approximate surface area is 256 Å². The lowest BCUT2D eigenvalue weighted by Gasteiger charge is -2.25. The number of carbonyl (C=O) groups excluding carboxylic acids is 1. The van der Waals surface area contributed by atoms with Crippen molar-refractivity contribution in [3.05, 3.63) is 90.4 Å². The monoisotopic (exact) mass is 628 g/mol. The topological polar surface area (TPSA) is 156 Å². The van der Waals surface area contributed by atoms with Gasteiger partial charge in [-0.2, -0.15) is 4.98 Å². The van der Waals surface area contributed by atoms with E-state index in [0.29, 0.717) is 38.9 Å². The lowest BCUT2D eigenvalue weighted by atomic mass is 9.97. The molecule has 13 heteroatoms. The van der Waals surface area contributed by atoms with Crippen molar-refractivity contribution in [2.75, 3.05) is 24.2 Å². The summed E-state index contributed by atoms with van der Waals surface area (Å²) in [5.74, 6) is -1.71. The van der Waals surface area contributed by atoms with Gasteiger partial charge < -0.3 is 19.3 Å². The number of rotatable bonds is 9. The second kappa shape index (κ2) is 11.5. The van der Waals surface area contributed by atoms with Crippen LogP contribution in [0.4, 0.5) is 10.1 Å². The smallest absolute Gasteiger partial charge is 0.305 e. The van der Waals surface area contributed by atoms with Crippen LogP contribution in [0.2, 0.25) is 0 Å². The summed E-state index contributed by atoms with van der Waals surface area (Å²) in [6.45, 7) is -0.364. The molecule has 3 aromatic carbocycles. The standard InChI is InChI=1S/C32H25FN4O7S/c1-34-31(40)28-23-16-22(19-5-3-6-20(15-19)32-36-30-25(44-32)7-4-13-35-30)24(37(45(2,41)42)14-12-27(38)39)17-26(23)43-29(28)18-8-10-21(33)11-9-18/h3-11,13,15-17H,12,14H2,1-2H3,(H,34,40)(H,38,39). The van der Waals surface area contributed by atoms with Gasteiger partial charge in [0, 0.05) is 47.9 Å².